The van der Waals surface area contributed by atoms with Crippen molar-refractivity contribution in [3.63, 3.8) is 0 Å². The Kier molecular flexibility index (Phi) is 4.36. The maximum atomic E-state index is 13.0. The van der Waals surface area contributed by atoms with Crippen LogP contribution in [-0.4, -0.2) is 52.5 Å². The minimum atomic E-state index is -0.232. The first-order valence-electron chi connectivity index (χ1n) is 9.44. The predicted octanol–water partition coefficient (Wildman–Crippen LogP) is 2.69. The molecule has 1 saturated carbocycles. The largest absolute Gasteiger partial charge is 0.338 e. The molecular weight excluding hydrogens is 334 g/mol. The molecular formula is C19H27N3O2S. The summed E-state index contributed by atoms with van der Waals surface area (Å²) in [6.45, 7) is 5.77. The van der Waals surface area contributed by atoms with Crippen LogP contribution in [0.3, 0.4) is 0 Å². The van der Waals surface area contributed by atoms with Gasteiger partial charge in [0.05, 0.1) is 16.6 Å². The number of nitrogens with zero attached hydrogens (tertiary/aromatic N) is 2. The predicted molar refractivity (Wildman–Crippen MR) is 98.4 cm³/mol. The minimum absolute atomic E-state index is 0.0554. The Morgan fingerprint density at radius 3 is 2.64 bits per heavy atom. The average Bonchev–Trinajstić information content (AvgIpc) is 3.18. The van der Waals surface area contributed by atoms with Gasteiger partial charge in [0.15, 0.2) is 0 Å². The summed E-state index contributed by atoms with van der Waals surface area (Å²) in [5.74, 6) is 0.915. The highest BCUT2D eigenvalue weighted by Crippen LogP contribution is 2.42. The van der Waals surface area contributed by atoms with Crippen LogP contribution in [0.5, 0.6) is 0 Å². The first kappa shape index (κ1) is 17.0. The van der Waals surface area contributed by atoms with E-state index in [1.807, 2.05) is 22.4 Å². The quantitative estimate of drug-likeness (QED) is 0.897. The molecule has 1 aliphatic carbocycles. The van der Waals surface area contributed by atoms with Crippen molar-refractivity contribution in [2.45, 2.75) is 63.7 Å². The number of carbonyl (C=O) groups excluding carboxylic acids is 2. The molecule has 4 rings (SSSR count). The van der Waals surface area contributed by atoms with Crippen molar-refractivity contribution >= 4 is 23.2 Å². The van der Waals surface area contributed by atoms with Gasteiger partial charge < -0.3 is 9.80 Å². The molecule has 1 aromatic rings. The van der Waals surface area contributed by atoms with E-state index in [2.05, 4.69) is 24.1 Å². The van der Waals surface area contributed by atoms with E-state index in [0.717, 1.165) is 37.0 Å². The number of amides is 2. The number of piperidine rings is 1. The van der Waals surface area contributed by atoms with Gasteiger partial charge in [-0.25, -0.2) is 0 Å². The molecule has 1 N–H and O–H groups in total. The Bertz CT molecular complexity index is 646. The van der Waals surface area contributed by atoms with Gasteiger partial charge in [-0.1, -0.05) is 19.9 Å². The summed E-state index contributed by atoms with van der Waals surface area (Å²) in [7, 11) is 0. The van der Waals surface area contributed by atoms with Crippen LogP contribution in [0.15, 0.2) is 17.5 Å². The molecule has 3 fully saturated rings. The van der Waals surface area contributed by atoms with E-state index in [1.54, 1.807) is 0 Å². The average molecular weight is 362 g/mol. The molecule has 1 unspecified atom stereocenters. The van der Waals surface area contributed by atoms with E-state index in [1.165, 1.54) is 11.3 Å². The van der Waals surface area contributed by atoms with Crippen LogP contribution in [0.1, 0.15) is 55.6 Å². The Hall–Kier alpha value is -1.40. The van der Waals surface area contributed by atoms with E-state index in [-0.39, 0.29) is 23.5 Å². The summed E-state index contributed by atoms with van der Waals surface area (Å²) in [5.41, 5.74) is -0.232. The zero-order valence-corrected chi connectivity index (χ0v) is 15.8. The first-order valence-corrected chi connectivity index (χ1v) is 10.3. The number of likely N-dealkylation sites (tertiary alicyclic amines) is 1. The number of nitrogens with one attached hydrogen (secondary N) is 1. The lowest BCUT2D eigenvalue weighted by Gasteiger charge is -2.45. The molecule has 1 spiro atoms. The van der Waals surface area contributed by atoms with Gasteiger partial charge in [-0.3, -0.25) is 14.9 Å². The highest BCUT2D eigenvalue weighted by atomic mass is 32.1. The van der Waals surface area contributed by atoms with Crippen LogP contribution in [0.25, 0.3) is 0 Å². The number of thiophene rings is 1. The van der Waals surface area contributed by atoms with Gasteiger partial charge in [-0.2, -0.15) is 0 Å². The summed E-state index contributed by atoms with van der Waals surface area (Å²) in [4.78, 5) is 30.5. The summed E-state index contributed by atoms with van der Waals surface area (Å²) < 4.78 is 0. The highest BCUT2D eigenvalue weighted by Gasteiger charge is 2.56. The summed E-state index contributed by atoms with van der Waals surface area (Å²) in [5, 5.41) is 5.64. The Balaban J connectivity index is 1.48. The molecule has 2 saturated heterocycles. The van der Waals surface area contributed by atoms with Gasteiger partial charge in [0, 0.05) is 32.0 Å². The molecule has 2 aliphatic heterocycles. The number of hydrogen-bond donors (Lipinski definition) is 1. The Morgan fingerprint density at radius 1 is 1.36 bits per heavy atom. The maximum Gasteiger partial charge on any atom is 0.263 e. The molecule has 0 aromatic carbocycles. The molecule has 3 aliphatic rings. The molecule has 5 nitrogen and oxygen atoms in total. The van der Waals surface area contributed by atoms with Crippen LogP contribution in [0, 0.1) is 5.92 Å². The third-order valence-electron chi connectivity index (χ3n) is 5.67. The van der Waals surface area contributed by atoms with Gasteiger partial charge in [-0.05, 0) is 36.6 Å². The molecule has 3 heterocycles. The Labute approximate surface area is 153 Å². The topological polar surface area (TPSA) is 52.7 Å². The molecule has 1 atom stereocenters. The van der Waals surface area contributed by atoms with Crippen molar-refractivity contribution in [2.24, 2.45) is 5.92 Å². The standard InChI is InChI=1S/C19H27N3O2S/c1-13(2)12-15-17(23)22(14-5-6-14)19(20-15)7-9-21(10-8-19)18(24)16-4-3-11-25-16/h3-4,11,13-15,20H,5-10,12H2,1-2H3. The van der Waals surface area contributed by atoms with Gasteiger partial charge in [-0.15, -0.1) is 11.3 Å². The number of hydrogen-bond acceptors (Lipinski definition) is 4. The lowest BCUT2D eigenvalue weighted by Crippen LogP contribution is -2.60. The van der Waals surface area contributed by atoms with Gasteiger partial charge in [0.2, 0.25) is 5.91 Å². The fourth-order valence-corrected chi connectivity index (χ4v) is 5.04. The molecule has 136 valence electrons. The van der Waals surface area contributed by atoms with Crippen molar-refractivity contribution in [3.8, 4) is 0 Å². The van der Waals surface area contributed by atoms with E-state index in [9.17, 15) is 9.59 Å². The number of carbonyl (C=O) groups is 2. The van der Waals surface area contributed by atoms with E-state index < -0.39 is 0 Å². The van der Waals surface area contributed by atoms with Crippen molar-refractivity contribution in [1.82, 2.24) is 15.1 Å². The summed E-state index contributed by atoms with van der Waals surface area (Å²) >= 11 is 1.50. The molecule has 1 aromatic heterocycles. The van der Waals surface area contributed by atoms with Crippen molar-refractivity contribution in [3.05, 3.63) is 22.4 Å². The smallest absolute Gasteiger partial charge is 0.263 e. The number of rotatable bonds is 4. The van der Waals surface area contributed by atoms with Crippen molar-refractivity contribution in [1.29, 1.82) is 0 Å². The normalized spacial score (nSPS) is 26.0. The van der Waals surface area contributed by atoms with Gasteiger partial charge >= 0.3 is 0 Å². The van der Waals surface area contributed by atoms with Crippen LogP contribution >= 0.6 is 11.3 Å². The lowest BCUT2D eigenvalue weighted by atomic mass is 9.95. The van der Waals surface area contributed by atoms with Crippen molar-refractivity contribution in [2.75, 3.05) is 13.1 Å². The maximum absolute atomic E-state index is 13.0. The third-order valence-corrected chi connectivity index (χ3v) is 6.53. The SMILES string of the molecule is CC(C)CC1NC2(CCN(C(=O)c3cccs3)CC2)N(C2CC2)C1=O. The lowest BCUT2D eigenvalue weighted by molar-refractivity contribution is -0.134. The van der Waals surface area contributed by atoms with Crippen molar-refractivity contribution < 1.29 is 9.59 Å². The minimum Gasteiger partial charge on any atom is -0.338 e. The second kappa shape index (κ2) is 6.40. The zero-order valence-electron chi connectivity index (χ0n) is 15.0. The summed E-state index contributed by atoms with van der Waals surface area (Å²) in [6, 6.07) is 4.17. The van der Waals surface area contributed by atoms with Gasteiger partial charge in [0.25, 0.3) is 5.91 Å². The van der Waals surface area contributed by atoms with E-state index in [4.69, 9.17) is 0 Å². The van der Waals surface area contributed by atoms with Crippen LogP contribution in [0.2, 0.25) is 0 Å². The van der Waals surface area contributed by atoms with Gasteiger partial charge in [0.1, 0.15) is 0 Å². The molecule has 25 heavy (non-hydrogen) atoms. The molecule has 0 radical (unpaired) electrons. The van der Waals surface area contributed by atoms with Crippen LogP contribution < -0.4 is 5.32 Å². The first-order chi connectivity index (χ1) is 12.0. The molecule has 2 amide bonds. The second-order valence-electron chi connectivity index (χ2n) is 8.07. The monoisotopic (exact) mass is 361 g/mol. The van der Waals surface area contributed by atoms with Crippen LogP contribution in [-0.2, 0) is 4.79 Å². The fourth-order valence-electron chi connectivity index (χ4n) is 4.35. The summed E-state index contributed by atoms with van der Waals surface area (Å²) in [6.07, 6.45) is 4.81. The second-order valence-corrected chi connectivity index (χ2v) is 9.01. The Morgan fingerprint density at radius 2 is 2.08 bits per heavy atom. The highest BCUT2D eigenvalue weighted by molar-refractivity contribution is 7.12. The molecule has 0 bridgehead atoms. The molecule has 6 heteroatoms. The van der Waals surface area contributed by atoms with Crippen LogP contribution in [0.4, 0.5) is 0 Å². The zero-order chi connectivity index (χ0) is 17.6. The van der Waals surface area contributed by atoms with E-state index in [0.29, 0.717) is 25.0 Å². The van der Waals surface area contributed by atoms with E-state index >= 15 is 0 Å². The third kappa shape index (κ3) is 3.10. The fraction of sp³-hybridized carbons (Fsp3) is 0.684.